The highest BCUT2D eigenvalue weighted by Gasteiger charge is 2.43. The maximum atomic E-state index is 12.3. The van der Waals surface area contributed by atoms with Gasteiger partial charge in [-0.15, -0.1) is 11.8 Å². The number of urea groups is 1. The summed E-state index contributed by atoms with van der Waals surface area (Å²) in [4.78, 5) is 48.8. The third-order valence-corrected chi connectivity index (χ3v) is 4.72. The molecule has 0 saturated carbocycles. The lowest BCUT2D eigenvalue weighted by molar-refractivity contribution is -0.156. The second-order valence-electron chi connectivity index (χ2n) is 5.93. The Labute approximate surface area is 154 Å². The summed E-state index contributed by atoms with van der Waals surface area (Å²) >= 11 is 1.37. The van der Waals surface area contributed by atoms with Crippen molar-refractivity contribution < 1.29 is 28.3 Å². The zero-order valence-corrected chi connectivity index (χ0v) is 15.5. The number of carbonyl (C=O) groups is 4. The molecule has 0 radical (unpaired) electrons. The molecule has 9 nitrogen and oxygen atoms in total. The summed E-state index contributed by atoms with van der Waals surface area (Å²) in [6.07, 6.45) is 1.49. The van der Waals surface area contributed by atoms with Gasteiger partial charge in [-0.1, -0.05) is 0 Å². The average Bonchev–Trinajstić information content (AvgIpc) is 3.20. The Morgan fingerprint density at radius 1 is 1.38 bits per heavy atom. The molecular weight excluding hydrogens is 362 g/mol. The monoisotopic (exact) mass is 383 g/mol. The summed E-state index contributed by atoms with van der Waals surface area (Å²) in [5.74, 6) is -0.887. The fourth-order valence-corrected chi connectivity index (χ4v) is 3.83. The number of nitrogens with zero attached hydrogens (tertiary/aromatic N) is 1. The normalized spacial score (nSPS) is 19.3. The zero-order valence-electron chi connectivity index (χ0n) is 14.7. The first-order valence-electron chi connectivity index (χ1n) is 8.00. The summed E-state index contributed by atoms with van der Waals surface area (Å²) in [7, 11) is 0. The Hall–Kier alpha value is -2.49. The number of ether oxygens (including phenoxy) is 1. The third-order valence-electron chi connectivity index (χ3n) is 3.44. The smallest absolute Gasteiger partial charge is 0.330 e. The Morgan fingerprint density at radius 2 is 2.12 bits per heavy atom. The van der Waals surface area contributed by atoms with E-state index in [2.05, 4.69) is 10.6 Å². The van der Waals surface area contributed by atoms with E-state index in [1.165, 1.54) is 29.8 Å². The van der Waals surface area contributed by atoms with Gasteiger partial charge in [-0.2, -0.15) is 0 Å². The minimum Gasteiger partial charge on any atom is -0.466 e. The number of hydrogen-bond donors (Lipinski definition) is 2. The van der Waals surface area contributed by atoms with Gasteiger partial charge in [0.25, 0.3) is 5.91 Å². The summed E-state index contributed by atoms with van der Waals surface area (Å²) in [5, 5.41) is 4.11. The molecule has 1 aromatic heterocycles. The Bertz CT molecular complexity index is 676. The lowest BCUT2D eigenvalue weighted by Crippen LogP contribution is -2.46. The third kappa shape index (κ3) is 5.01. The van der Waals surface area contributed by atoms with E-state index >= 15 is 0 Å². The lowest BCUT2D eigenvalue weighted by Gasteiger charge is -2.25. The molecule has 10 heteroatoms. The lowest BCUT2D eigenvalue weighted by atomic mass is 10.2. The second-order valence-corrected chi connectivity index (χ2v) is 7.04. The fourth-order valence-electron chi connectivity index (χ4n) is 2.42. The largest absolute Gasteiger partial charge is 0.466 e. The average molecular weight is 383 g/mol. The minimum absolute atomic E-state index is 0.136. The fraction of sp³-hybridized carbons (Fsp3) is 0.500. The van der Waals surface area contributed by atoms with E-state index in [0.29, 0.717) is 11.5 Å². The van der Waals surface area contributed by atoms with Gasteiger partial charge in [-0.3, -0.25) is 14.9 Å². The van der Waals surface area contributed by atoms with Crippen molar-refractivity contribution in [1.29, 1.82) is 0 Å². The van der Waals surface area contributed by atoms with E-state index in [0.717, 1.165) is 0 Å². The maximum absolute atomic E-state index is 12.3. The minimum atomic E-state index is -0.829. The predicted molar refractivity (Wildman–Crippen MR) is 93.0 cm³/mol. The number of nitrogens with one attached hydrogen (secondary N) is 2. The molecule has 0 bridgehead atoms. The Kier molecular flexibility index (Phi) is 6.67. The molecule has 0 unspecified atom stereocenters. The Morgan fingerprint density at radius 3 is 2.69 bits per heavy atom. The SMILES string of the molecule is CC(=O)N1[C@H](C(=O)OCC(=O)NC(=O)NC(C)C)CS[C@H]1c1ccco1. The van der Waals surface area contributed by atoms with E-state index in [4.69, 9.17) is 9.15 Å². The van der Waals surface area contributed by atoms with Gasteiger partial charge >= 0.3 is 12.0 Å². The first kappa shape index (κ1) is 19.8. The molecule has 2 heterocycles. The summed E-state index contributed by atoms with van der Waals surface area (Å²) in [6, 6.07) is 1.79. The molecule has 2 rings (SSSR count). The highest BCUT2D eigenvalue weighted by Crippen LogP contribution is 2.41. The van der Waals surface area contributed by atoms with Crippen LogP contribution in [0.3, 0.4) is 0 Å². The quantitative estimate of drug-likeness (QED) is 0.729. The van der Waals surface area contributed by atoms with Crippen LogP contribution < -0.4 is 10.6 Å². The van der Waals surface area contributed by atoms with Crippen molar-refractivity contribution in [2.45, 2.75) is 38.2 Å². The van der Waals surface area contributed by atoms with Crippen molar-refractivity contribution >= 4 is 35.6 Å². The van der Waals surface area contributed by atoms with E-state index < -0.39 is 35.9 Å². The van der Waals surface area contributed by atoms with Gasteiger partial charge in [0.05, 0.1) is 6.26 Å². The molecular formula is C16H21N3O6S. The molecule has 1 saturated heterocycles. The van der Waals surface area contributed by atoms with Crippen LogP contribution in [0.15, 0.2) is 22.8 Å². The van der Waals surface area contributed by atoms with Crippen LogP contribution in [0.2, 0.25) is 0 Å². The molecule has 4 amide bonds. The van der Waals surface area contributed by atoms with Crippen LogP contribution in [-0.4, -0.2) is 53.2 Å². The Balaban J connectivity index is 1.91. The van der Waals surface area contributed by atoms with Crippen molar-refractivity contribution in [3.05, 3.63) is 24.2 Å². The van der Waals surface area contributed by atoms with Crippen molar-refractivity contribution in [3.63, 3.8) is 0 Å². The van der Waals surface area contributed by atoms with Gasteiger partial charge in [-0.05, 0) is 26.0 Å². The number of imide groups is 1. The van der Waals surface area contributed by atoms with Gasteiger partial charge in [0.15, 0.2) is 6.61 Å². The van der Waals surface area contributed by atoms with E-state index in [9.17, 15) is 19.2 Å². The van der Waals surface area contributed by atoms with Crippen molar-refractivity contribution in [3.8, 4) is 0 Å². The van der Waals surface area contributed by atoms with Crippen LogP contribution in [0.4, 0.5) is 4.79 Å². The predicted octanol–water partition coefficient (Wildman–Crippen LogP) is 1.02. The summed E-state index contributed by atoms with van der Waals surface area (Å²) < 4.78 is 10.3. The van der Waals surface area contributed by atoms with Crippen LogP contribution in [-0.2, 0) is 19.1 Å². The molecule has 1 aliphatic rings. The van der Waals surface area contributed by atoms with Crippen LogP contribution in [0.5, 0.6) is 0 Å². The molecule has 0 spiro atoms. The molecule has 0 aromatic carbocycles. The van der Waals surface area contributed by atoms with Crippen molar-refractivity contribution in [1.82, 2.24) is 15.5 Å². The summed E-state index contributed by atoms with van der Waals surface area (Å²) in [6.45, 7) is 4.23. The zero-order chi connectivity index (χ0) is 19.3. The number of thioether (sulfide) groups is 1. The van der Waals surface area contributed by atoms with Crippen molar-refractivity contribution in [2.24, 2.45) is 0 Å². The van der Waals surface area contributed by atoms with Gasteiger partial charge in [0.1, 0.15) is 17.2 Å². The highest BCUT2D eigenvalue weighted by molar-refractivity contribution is 7.99. The van der Waals surface area contributed by atoms with E-state index in [-0.39, 0.29) is 11.9 Å². The molecule has 1 aliphatic heterocycles. The van der Waals surface area contributed by atoms with E-state index in [1.54, 1.807) is 26.0 Å². The van der Waals surface area contributed by atoms with Gasteiger partial charge < -0.3 is 19.4 Å². The summed E-state index contributed by atoms with van der Waals surface area (Å²) in [5.41, 5.74) is 0. The number of hydrogen-bond acceptors (Lipinski definition) is 7. The number of carbonyl (C=O) groups excluding carboxylic acids is 4. The van der Waals surface area contributed by atoms with Gasteiger partial charge in [0.2, 0.25) is 5.91 Å². The molecule has 1 fully saturated rings. The maximum Gasteiger partial charge on any atom is 0.330 e. The molecule has 26 heavy (non-hydrogen) atoms. The molecule has 2 atom stereocenters. The van der Waals surface area contributed by atoms with Gasteiger partial charge in [-0.25, -0.2) is 9.59 Å². The van der Waals surface area contributed by atoms with Crippen LogP contribution in [0.1, 0.15) is 31.9 Å². The first-order valence-corrected chi connectivity index (χ1v) is 9.05. The number of rotatable bonds is 5. The number of furan rings is 1. The second kappa shape index (κ2) is 8.75. The number of esters is 1. The highest BCUT2D eigenvalue weighted by atomic mass is 32.2. The topological polar surface area (TPSA) is 118 Å². The molecule has 2 N–H and O–H groups in total. The van der Waals surface area contributed by atoms with Crippen molar-refractivity contribution in [2.75, 3.05) is 12.4 Å². The number of amides is 4. The molecule has 142 valence electrons. The first-order chi connectivity index (χ1) is 12.3. The van der Waals surface area contributed by atoms with Crippen LogP contribution >= 0.6 is 11.8 Å². The van der Waals surface area contributed by atoms with Crippen LogP contribution in [0, 0.1) is 0 Å². The van der Waals surface area contributed by atoms with Gasteiger partial charge in [0, 0.05) is 18.7 Å². The standard InChI is InChI=1S/C16H21N3O6S/c1-9(2)17-16(23)18-13(21)7-25-15(22)11-8-26-14(19(11)10(3)20)12-5-4-6-24-12/h4-6,9,11,14H,7-8H2,1-3H3,(H2,17,18,21,23)/t11-,14-/m0/s1. The van der Waals surface area contributed by atoms with Crippen LogP contribution in [0.25, 0.3) is 0 Å². The molecule has 0 aliphatic carbocycles. The van der Waals surface area contributed by atoms with E-state index in [1.807, 2.05) is 0 Å². The molecule has 1 aromatic rings.